The van der Waals surface area contributed by atoms with Gasteiger partial charge in [-0.3, -0.25) is 4.79 Å². The highest BCUT2D eigenvalue weighted by molar-refractivity contribution is 9.10. The van der Waals surface area contributed by atoms with Crippen LogP contribution in [0.5, 0.6) is 0 Å². The van der Waals surface area contributed by atoms with Crippen LogP contribution in [0.25, 0.3) is 0 Å². The Hall–Kier alpha value is -0.520. The summed E-state index contributed by atoms with van der Waals surface area (Å²) in [5.74, 6) is 1.72. The van der Waals surface area contributed by atoms with Crippen molar-refractivity contribution in [2.45, 2.75) is 12.6 Å². The Balaban J connectivity index is 1.81. The van der Waals surface area contributed by atoms with Crippen LogP contribution in [-0.2, 0) is 16.1 Å². The molecule has 1 aromatic carbocycles. The summed E-state index contributed by atoms with van der Waals surface area (Å²) < 4.78 is 6.30. The first-order chi connectivity index (χ1) is 8.25. The molecule has 92 valence electrons. The van der Waals surface area contributed by atoms with Gasteiger partial charge in [0.2, 0.25) is 0 Å². The standard InChI is InChI=1S/C12H14BrNO2S/c13-10-3-1-9(2-4-10)7-16-12(15)11-8-17-6-5-14-11/h1-4,11,14H,5-8H2. The monoisotopic (exact) mass is 315 g/mol. The molecule has 1 unspecified atom stereocenters. The smallest absolute Gasteiger partial charge is 0.324 e. The van der Waals surface area contributed by atoms with E-state index in [4.69, 9.17) is 4.74 Å². The lowest BCUT2D eigenvalue weighted by molar-refractivity contribution is -0.146. The van der Waals surface area contributed by atoms with Crippen molar-refractivity contribution in [3.8, 4) is 0 Å². The molecule has 0 aliphatic carbocycles. The molecule has 3 nitrogen and oxygen atoms in total. The molecule has 1 N–H and O–H groups in total. The van der Waals surface area contributed by atoms with Crippen molar-refractivity contribution in [1.82, 2.24) is 5.32 Å². The van der Waals surface area contributed by atoms with Gasteiger partial charge in [0.1, 0.15) is 12.6 Å². The van der Waals surface area contributed by atoms with E-state index in [1.165, 1.54) is 0 Å². The average molecular weight is 316 g/mol. The van der Waals surface area contributed by atoms with Crippen molar-refractivity contribution in [1.29, 1.82) is 0 Å². The molecule has 0 bridgehead atoms. The maximum atomic E-state index is 11.7. The molecule has 0 amide bonds. The molecule has 1 aromatic rings. The quantitative estimate of drug-likeness (QED) is 0.868. The minimum Gasteiger partial charge on any atom is -0.460 e. The third-order valence-corrected chi connectivity index (χ3v) is 4.09. The van der Waals surface area contributed by atoms with E-state index in [0.29, 0.717) is 6.61 Å². The first kappa shape index (κ1) is 12.9. The number of ether oxygens (including phenoxy) is 1. The van der Waals surface area contributed by atoms with Gasteiger partial charge in [-0.2, -0.15) is 11.8 Å². The van der Waals surface area contributed by atoms with Crippen molar-refractivity contribution in [2.75, 3.05) is 18.1 Å². The molecule has 1 aliphatic heterocycles. The highest BCUT2D eigenvalue weighted by Gasteiger charge is 2.22. The summed E-state index contributed by atoms with van der Waals surface area (Å²) >= 11 is 5.15. The van der Waals surface area contributed by atoms with Crippen LogP contribution in [0.15, 0.2) is 28.7 Å². The van der Waals surface area contributed by atoms with Crippen molar-refractivity contribution < 1.29 is 9.53 Å². The van der Waals surface area contributed by atoms with Gasteiger partial charge in [0.25, 0.3) is 0 Å². The van der Waals surface area contributed by atoms with E-state index < -0.39 is 0 Å². The van der Waals surface area contributed by atoms with Crippen LogP contribution >= 0.6 is 27.7 Å². The molecular weight excluding hydrogens is 302 g/mol. The predicted octanol–water partition coefficient (Wildman–Crippen LogP) is 2.20. The first-order valence-corrected chi connectivity index (χ1v) is 7.43. The Bertz CT molecular complexity index is 377. The van der Waals surface area contributed by atoms with Crippen LogP contribution < -0.4 is 5.32 Å². The Labute approximate surface area is 113 Å². The van der Waals surface area contributed by atoms with Crippen LogP contribution in [0.4, 0.5) is 0 Å². The largest absolute Gasteiger partial charge is 0.460 e. The maximum Gasteiger partial charge on any atom is 0.324 e. The molecule has 5 heteroatoms. The van der Waals surface area contributed by atoms with E-state index in [2.05, 4.69) is 21.2 Å². The zero-order chi connectivity index (χ0) is 12.1. The van der Waals surface area contributed by atoms with E-state index >= 15 is 0 Å². The normalized spacial score (nSPS) is 19.9. The molecular formula is C12H14BrNO2S. The summed E-state index contributed by atoms with van der Waals surface area (Å²) in [6, 6.07) is 7.63. The van der Waals surface area contributed by atoms with E-state index in [1.807, 2.05) is 24.3 Å². The number of nitrogens with one attached hydrogen (secondary N) is 1. The molecule has 1 fully saturated rings. The molecule has 0 spiro atoms. The van der Waals surface area contributed by atoms with E-state index in [0.717, 1.165) is 28.1 Å². The molecule has 1 saturated heterocycles. The fraction of sp³-hybridized carbons (Fsp3) is 0.417. The van der Waals surface area contributed by atoms with E-state index in [9.17, 15) is 4.79 Å². The van der Waals surface area contributed by atoms with Crippen LogP contribution in [0.3, 0.4) is 0 Å². The van der Waals surface area contributed by atoms with Crippen molar-refractivity contribution in [2.24, 2.45) is 0 Å². The molecule has 1 aliphatic rings. The highest BCUT2D eigenvalue weighted by Crippen LogP contribution is 2.13. The fourth-order valence-electron chi connectivity index (χ4n) is 1.55. The van der Waals surface area contributed by atoms with Crippen molar-refractivity contribution in [3.63, 3.8) is 0 Å². The van der Waals surface area contributed by atoms with Crippen LogP contribution in [0, 0.1) is 0 Å². The van der Waals surface area contributed by atoms with Gasteiger partial charge in [-0.15, -0.1) is 0 Å². The molecule has 1 heterocycles. The number of hydrogen-bond acceptors (Lipinski definition) is 4. The second-order valence-corrected chi connectivity index (χ2v) is 5.88. The second kappa shape index (κ2) is 6.42. The van der Waals surface area contributed by atoms with E-state index in [1.54, 1.807) is 11.8 Å². The zero-order valence-electron chi connectivity index (χ0n) is 9.32. The van der Waals surface area contributed by atoms with Gasteiger partial charge < -0.3 is 10.1 Å². The topological polar surface area (TPSA) is 38.3 Å². The fourth-order valence-corrected chi connectivity index (χ4v) is 2.74. The summed E-state index contributed by atoms with van der Waals surface area (Å²) in [5.41, 5.74) is 1.00. The van der Waals surface area contributed by atoms with E-state index in [-0.39, 0.29) is 12.0 Å². The van der Waals surface area contributed by atoms with Gasteiger partial charge >= 0.3 is 5.97 Å². The lowest BCUT2D eigenvalue weighted by atomic mass is 10.2. The zero-order valence-corrected chi connectivity index (χ0v) is 11.7. The van der Waals surface area contributed by atoms with Crippen molar-refractivity contribution in [3.05, 3.63) is 34.3 Å². The van der Waals surface area contributed by atoms with Gasteiger partial charge in [-0.1, -0.05) is 28.1 Å². The number of benzene rings is 1. The van der Waals surface area contributed by atoms with Gasteiger partial charge in [0.05, 0.1) is 0 Å². The van der Waals surface area contributed by atoms with Crippen LogP contribution in [-0.4, -0.2) is 30.1 Å². The Morgan fingerprint density at radius 2 is 2.24 bits per heavy atom. The van der Waals surface area contributed by atoms with Gasteiger partial charge in [0, 0.05) is 22.5 Å². The Morgan fingerprint density at radius 1 is 1.47 bits per heavy atom. The SMILES string of the molecule is O=C(OCc1ccc(Br)cc1)C1CSCCN1. The van der Waals surface area contributed by atoms with Gasteiger partial charge in [-0.25, -0.2) is 0 Å². The summed E-state index contributed by atoms with van der Waals surface area (Å²) in [7, 11) is 0. The average Bonchev–Trinajstić information content (AvgIpc) is 2.39. The third kappa shape index (κ3) is 4.01. The number of carbonyl (C=O) groups is 1. The molecule has 0 radical (unpaired) electrons. The number of hydrogen-bond donors (Lipinski definition) is 1. The number of thioether (sulfide) groups is 1. The summed E-state index contributed by atoms with van der Waals surface area (Å²) in [6.45, 7) is 1.22. The number of rotatable bonds is 3. The number of carbonyl (C=O) groups excluding carboxylic acids is 1. The first-order valence-electron chi connectivity index (χ1n) is 5.48. The lowest BCUT2D eigenvalue weighted by Crippen LogP contribution is -2.44. The Kier molecular flexibility index (Phi) is 4.88. The number of halogens is 1. The molecule has 0 saturated carbocycles. The summed E-state index contributed by atoms with van der Waals surface area (Å²) in [4.78, 5) is 11.7. The van der Waals surface area contributed by atoms with Crippen molar-refractivity contribution >= 4 is 33.7 Å². The summed E-state index contributed by atoms with van der Waals surface area (Å²) in [6.07, 6.45) is 0. The molecule has 1 atom stereocenters. The molecule has 17 heavy (non-hydrogen) atoms. The van der Waals surface area contributed by atoms with Gasteiger partial charge in [0.15, 0.2) is 0 Å². The Morgan fingerprint density at radius 3 is 2.88 bits per heavy atom. The lowest BCUT2D eigenvalue weighted by Gasteiger charge is -2.21. The minimum absolute atomic E-state index is 0.149. The van der Waals surface area contributed by atoms with Gasteiger partial charge in [-0.05, 0) is 17.7 Å². The number of esters is 1. The predicted molar refractivity (Wildman–Crippen MR) is 73.1 cm³/mol. The maximum absolute atomic E-state index is 11.7. The third-order valence-electron chi connectivity index (χ3n) is 2.50. The minimum atomic E-state index is -0.153. The molecule has 2 rings (SSSR count). The van der Waals surface area contributed by atoms with Crippen LogP contribution in [0.2, 0.25) is 0 Å². The highest BCUT2D eigenvalue weighted by atomic mass is 79.9. The van der Waals surface area contributed by atoms with Crippen LogP contribution in [0.1, 0.15) is 5.56 Å². The molecule has 0 aromatic heterocycles. The second-order valence-electron chi connectivity index (χ2n) is 3.82. The summed E-state index contributed by atoms with van der Waals surface area (Å²) in [5, 5.41) is 3.16.